The van der Waals surface area contributed by atoms with E-state index in [4.69, 9.17) is 0 Å². The molecule has 1 atom stereocenters. The number of aryl methyl sites for hydroxylation is 2. The SMILES string of the molecule is CCc1cnc2c(c1N[C@H](CC)CO)c(=O)n(C)c(=O)n2C. The maximum absolute atomic E-state index is 12.6. The molecule has 22 heavy (non-hydrogen) atoms. The average molecular weight is 306 g/mol. The molecule has 0 fully saturated rings. The molecule has 0 aromatic carbocycles. The van der Waals surface area contributed by atoms with Crippen LogP contribution in [0.1, 0.15) is 25.8 Å². The summed E-state index contributed by atoms with van der Waals surface area (Å²) in [6.07, 6.45) is 3.09. The average Bonchev–Trinajstić information content (AvgIpc) is 2.54. The summed E-state index contributed by atoms with van der Waals surface area (Å²) in [5.41, 5.74) is 1.10. The highest BCUT2D eigenvalue weighted by atomic mass is 16.3. The Hall–Kier alpha value is -2.15. The van der Waals surface area contributed by atoms with Crippen LogP contribution >= 0.6 is 0 Å². The summed E-state index contributed by atoms with van der Waals surface area (Å²) in [7, 11) is 3.05. The monoisotopic (exact) mass is 306 g/mol. The number of aliphatic hydroxyl groups is 1. The van der Waals surface area contributed by atoms with Crippen molar-refractivity contribution in [1.82, 2.24) is 14.1 Å². The van der Waals surface area contributed by atoms with E-state index < -0.39 is 5.69 Å². The van der Waals surface area contributed by atoms with Crippen LogP contribution in [0.25, 0.3) is 11.0 Å². The molecule has 0 amide bonds. The van der Waals surface area contributed by atoms with E-state index >= 15 is 0 Å². The minimum Gasteiger partial charge on any atom is -0.394 e. The summed E-state index contributed by atoms with van der Waals surface area (Å²) in [5.74, 6) is 0. The number of aliphatic hydroxyl groups excluding tert-OH is 1. The van der Waals surface area contributed by atoms with Crippen molar-refractivity contribution in [1.29, 1.82) is 0 Å². The molecule has 2 N–H and O–H groups in total. The largest absolute Gasteiger partial charge is 0.394 e. The molecule has 7 nitrogen and oxygen atoms in total. The molecule has 0 saturated heterocycles. The van der Waals surface area contributed by atoms with Crippen molar-refractivity contribution in [2.45, 2.75) is 32.7 Å². The van der Waals surface area contributed by atoms with Gasteiger partial charge in [0.25, 0.3) is 5.56 Å². The number of nitrogens with one attached hydrogen (secondary N) is 1. The van der Waals surface area contributed by atoms with E-state index in [2.05, 4.69) is 10.3 Å². The first-order chi connectivity index (χ1) is 10.5. The van der Waals surface area contributed by atoms with Crippen LogP contribution in [-0.4, -0.2) is 31.9 Å². The molecule has 120 valence electrons. The van der Waals surface area contributed by atoms with Gasteiger partial charge in [0.05, 0.1) is 12.3 Å². The van der Waals surface area contributed by atoms with Gasteiger partial charge in [0.2, 0.25) is 0 Å². The van der Waals surface area contributed by atoms with Crippen LogP contribution in [0.15, 0.2) is 15.8 Å². The third kappa shape index (κ3) is 2.52. The van der Waals surface area contributed by atoms with Gasteiger partial charge in [-0.2, -0.15) is 0 Å². The Labute approximate surface area is 128 Å². The van der Waals surface area contributed by atoms with Gasteiger partial charge in [-0.15, -0.1) is 0 Å². The Bertz CT molecular complexity index is 803. The first kappa shape index (κ1) is 16.2. The van der Waals surface area contributed by atoms with Crippen molar-refractivity contribution in [2.24, 2.45) is 14.1 Å². The van der Waals surface area contributed by atoms with Crippen molar-refractivity contribution in [3.8, 4) is 0 Å². The highest BCUT2D eigenvalue weighted by molar-refractivity contribution is 5.90. The Morgan fingerprint density at radius 1 is 1.27 bits per heavy atom. The lowest BCUT2D eigenvalue weighted by molar-refractivity contribution is 0.272. The molecule has 2 aromatic rings. The first-order valence-electron chi connectivity index (χ1n) is 7.41. The molecular formula is C15H22N4O3. The Kier molecular flexibility index (Phi) is 4.65. The van der Waals surface area contributed by atoms with Crippen LogP contribution in [0.5, 0.6) is 0 Å². The smallest absolute Gasteiger partial charge is 0.332 e. The van der Waals surface area contributed by atoms with Crippen molar-refractivity contribution in [3.63, 3.8) is 0 Å². The zero-order valence-electron chi connectivity index (χ0n) is 13.4. The lowest BCUT2D eigenvalue weighted by Gasteiger charge is -2.20. The molecule has 0 aliphatic rings. The fraction of sp³-hybridized carbons (Fsp3) is 0.533. The van der Waals surface area contributed by atoms with Crippen molar-refractivity contribution in [2.75, 3.05) is 11.9 Å². The molecule has 0 aliphatic heterocycles. The van der Waals surface area contributed by atoms with E-state index in [0.717, 1.165) is 16.6 Å². The molecule has 0 radical (unpaired) electrons. The normalized spacial score (nSPS) is 12.6. The summed E-state index contributed by atoms with van der Waals surface area (Å²) in [6, 6.07) is -0.155. The molecule has 0 aliphatic carbocycles. The van der Waals surface area contributed by atoms with Crippen LogP contribution in [0.4, 0.5) is 5.69 Å². The van der Waals surface area contributed by atoms with Gasteiger partial charge in [-0.25, -0.2) is 9.78 Å². The minimum absolute atomic E-state index is 0.0322. The van der Waals surface area contributed by atoms with E-state index in [-0.39, 0.29) is 18.2 Å². The summed E-state index contributed by atoms with van der Waals surface area (Å²) < 4.78 is 2.44. The zero-order chi connectivity index (χ0) is 16.4. The van der Waals surface area contributed by atoms with Gasteiger partial charge < -0.3 is 10.4 Å². The molecule has 2 heterocycles. The van der Waals surface area contributed by atoms with Crippen LogP contribution in [0.3, 0.4) is 0 Å². The number of nitrogens with zero attached hydrogens (tertiary/aromatic N) is 3. The molecule has 0 bridgehead atoms. The maximum atomic E-state index is 12.6. The molecule has 2 aromatic heterocycles. The fourth-order valence-electron chi connectivity index (χ4n) is 2.48. The molecular weight excluding hydrogens is 284 g/mol. The number of hydrogen-bond acceptors (Lipinski definition) is 5. The fourth-order valence-corrected chi connectivity index (χ4v) is 2.48. The van der Waals surface area contributed by atoms with Gasteiger partial charge in [-0.3, -0.25) is 13.9 Å². The summed E-state index contributed by atoms with van der Waals surface area (Å²) >= 11 is 0. The van der Waals surface area contributed by atoms with Crippen LogP contribution in [0.2, 0.25) is 0 Å². The molecule has 0 unspecified atom stereocenters. The predicted octanol–water partition coefficient (Wildman–Crippen LogP) is 0.377. The van der Waals surface area contributed by atoms with E-state index in [1.165, 1.54) is 11.6 Å². The Morgan fingerprint density at radius 3 is 2.50 bits per heavy atom. The van der Waals surface area contributed by atoms with Gasteiger partial charge >= 0.3 is 5.69 Å². The second-order valence-corrected chi connectivity index (χ2v) is 5.35. The van der Waals surface area contributed by atoms with Gasteiger partial charge in [0, 0.05) is 26.3 Å². The summed E-state index contributed by atoms with van der Waals surface area (Å²) in [4.78, 5) is 28.9. The molecule has 2 rings (SSSR count). The zero-order valence-corrected chi connectivity index (χ0v) is 13.4. The number of fused-ring (bicyclic) bond motifs is 1. The number of hydrogen-bond donors (Lipinski definition) is 2. The highest BCUT2D eigenvalue weighted by Crippen LogP contribution is 2.24. The standard InChI is InChI=1S/C15H22N4O3/c1-5-9-7-16-13-11(12(9)17-10(6-2)8-20)14(21)19(4)15(22)18(13)3/h7,10,20H,5-6,8H2,1-4H3,(H,16,17)/t10-/m1/s1. The second-order valence-electron chi connectivity index (χ2n) is 5.35. The number of aromatic nitrogens is 3. The highest BCUT2D eigenvalue weighted by Gasteiger charge is 2.18. The lowest BCUT2D eigenvalue weighted by atomic mass is 10.1. The van der Waals surface area contributed by atoms with E-state index in [1.807, 2.05) is 13.8 Å². The van der Waals surface area contributed by atoms with Crippen molar-refractivity contribution in [3.05, 3.63) is 32.6 Å². The summed E-state index contributed by atoms with van der Waals surface area (Å²) in [6.45, 7) is 3.90. The van der Waals surface area contributed by atoms with E-state index in [9.17, 15) is 14.7 Å². The Balaban J connectivity index is 2.87. The summed E-state index contributed by atoms with van der Waals surface area (Å²) in [5, 5.41) is 13.1. The lowest BCUT2D eigenvalue weighted by Crippen LogP contribution is -2.38. The van der Waals surface area contributed by atoms with Crippen LogP contribution in [-0.2, 0) is 20.5 Å². The second kappa shape index (κ2) is 6.31. The van der Waals surface area contributed by atoms with E-state index in [0.29, 0.717) is 23.1 Å². The quantitative estimate of drug-likeness (QED) is 0.833. The molecule has 7 heteroatoms. The number of anilines is 1. The van der Waals surface area contributed by atoms with Gasteiger partial charge in [0.1, 0.15) is 5.39 Å². The third-order valence-corrected chi connectivity index (χ3v) is 3.99. The van der Waals surface area contributed by atoms with E-state index in [1.54, 1.807) is 13.2 Å². The number of rotatable bonds is 5. The minimum atomic E-state index is -0.408. The maximum Gasteiger partial charge on any atom is 0.332 e. The molecule has 0 spiro atoms. The van der Waals surface area contributed by atoms with Crippen LogP contribution in [0, 0.1) is 0 Å². The third-order valence-electron chi connectivity index (χ3n) is 3.99. The number of pyridine rings is 1. The first-order valence-corrected chi connectivity index (χ1v) is 7.41. The van der Waals surface area contributed by atoms with Crippen molar-refractivity contribution >= 4 is 16.7 Å². The van der Waals surface area contributed by atoms with Crippen molar-refractivity contribution < 1.29 is 5.11 Å². The van der Waals surface area contributed by atoms with Crippen LogP contribution < -0.4 is 16.6 Å². The molecule has 0 saturated carbocycles. The van der Waals surface area contributed by atoms with Gasteiger partial charge in [-0.05, 0) is 18.4 Å². The topological polar surface area (TPSA) is 89.2 Å². The Morgan fingerprint density at radius 2 is 1.95 bits per heavy atom. The van der Waals surface area contributed by atoms with Gasteiger partial charge in [-0.1, -0.05) is 13.8 Å². The predicted molar refractivity (Wildman–Crippen MR) is 86.4 cm³/mol. The van der Waals surface area contributed by atoms with Gasteiger partial charge in [0.15, 0.2) is 5.65 Å².